The molecule has 1 fully saturated rings. The van der Waals surface area contributed by atoms with E-state index in [-0.39, 0.29) is 11.4 Å². The molecule has 110 valence electrons. The van der Waals surface area contributed by atoms with E-state index in [1.165, 1.54) is 12.8 Å². The van der Waals surface area contributed by atoms with Crippen molar-refractivity contribution in [3.8, 4) is 0 Å². The van der Waals surface area contributed by atoms with Crippen LogP contribution in [0.15, 0.2) is 18.2 Å². The highest BCUT2D eigenvalue weighted by molar-refractivity contribution is 5.96. The number of nitrogens with one attached hydrogen (secondary N) is 1. The van der Waals surface area contributed by atoms with Gasteiger partial charge < -0.3 is 16.0 Å². The molecule has 0 atom stereocenters. The first kappa shape index (κ1) is 14.9. The average Bonchev–Trinajstić information content (AvgIpc) is 2.86. The van der Waals surface area contributed by atoms with E-state index in [1.54, 1.807) is 12.1 Å². The molecule has 0 radical (unpaired) electrons. The molecule has 1 aliphatic rings. The van der Waals surface area contributed by atoms with E-state index in [1.807, 2.05) is 13.0 Å². The number of aryl methyl sites for hydroxylation is 1. The monoisotopic (exact) mass is 275 g/mol. The maximum atomic E-state index is 12.3. The van der Waals surface area contributed by atoms with Gasteiger partial charge in [0.15, 0.2) is 0 Å². The van der Waals surface area contributed by atoms with Crippen LogP contribution in [0.2, 0.25) is 0 Å². The largest absolute Gasteiger partial charge is 0.399 e. The Bertz CT molecular complexity index is 490. The Labute approximate surface area is 121 Å². The van der Waals surface area contributed by atoms with Gasteiger partial charge in [-0.15, -0.1) is 0 Å². The van der Waals surface area contributed by atoms with Crippen LogP contribution in [0.25, 0.3) is 0 Å². The number of anilines is 1. The van der Waals surface area contributed by atoms with E-state index in [2.05, 4.69) is 24.3 Å². The molecule has 1 amide bonds. The highest BCUT2D eigenvalue weighted by Gasteiger charge is 2.36. The topological polar surface area (TPSA) is 58.4 Å². The molecule has 0 aliphatic heterocycles. The fraction of sp³-hybridized carbons (Fsp3) is 0.562. The molecule has 0 bridgehead atoms. The normalized spacial score (nSPS) is 17.4. The summed E-state index contributed by atoms with van der Waals surface area (Å²) in [5.74, 6) is -0.00405. The lowest BCUT2D eigenvalue weighted by atomic mass is 9.95. The van der Waals surface area contributed by atoms with Crippen LogP contribution in [0.1, 0.15) is 41.6 Å². The predicted octanol–water partition coefficient (Wildman–Crippen LogP) is 2.18. The van der Waals surface area contributed by atoms with E-state index >= 15 is 0 Å². The van der Waals surface area contributed by atoms with Gasteiger partial charge in [-0.25, -0.2) is 0 Å². The quantitative estimate of drug-likeness (QED) is 0.828. The molecule has 0 unspecified atom stereocenters. The summed E-state index contributed by atoms with van der Waals surface area (Å²) in [5.41, 5.74) is 8.18. The SMILES string of the molecule is Cc1cc(N)ccc1C(=O)NCC1(N(C)C)CCCC1. The van der Waals surface area contributed by atoms with Crippen molar-refractivity contribution >= 4 is 11.6 Å². The number of hydrogen-bond acceptors (Lipinski definition) is 3. The minimum absolute atomic E-state index is 0.00405. The van der Waals surface area contributed by atoms with Crippen LogP contribution in [0.4, 0.5) is 5.69 Å². The number of nitrogens with zero attached hydrogens (tertiary/aromatic N) is 1. The zero-order valence-corrected chi connectivity index (χ0v) is 12.7. The number of hydrogen-bond donors (Lipinski definition) is 2. The lowest BCUT2D eigenvalue weighted by molar-refractivity contribution is 0.0899. The van der Waals surface area contributed by atoms with E-state index in [0.29, 0.717) is 17.8 Å². The van der Waals surface area contributed by atoms with Crippen molar-refractivity contribution in [3.63, 3.8) is 0 Å². The number of carbonyl (C=O) groups excluding carboxylic acids is 1. The van der Waals surface area contributed by atoms with Gasteiger partial charge in [-0.3, -0.25) is 4.79 Å². The Balaban J connectivity index is 2.04. The Hall–Kier alpha value is -1.55. The van der Waals surface area contributed by atoms with Gasteiger partial charge in [0.2, 0.25) is 0 Å². The zero-order chi connectivity index (χ0) is 14.8. The van der Waals surface area contributed by atoms with Crippen LogP contribution in [-0.2, 0) is 0 Å². The summed E-state index contributed by atoms with van der Waals surface area (Å²) in [6.07, 6.45) is 4.80. The molecule has 4 heteroatoms. The lowest BCUT2D eigenvalue weighted by Gasteiger charge is -2.36. The van der Waals surface area contributed by atoms with Gasteiger partial charge in [0.05, 0.1) is 0 Å². The number of nitrogen functional groups attached to an aromatic ring is 1. The molecule has 2 rings (SSSR count). The van der Waals surface area contributed by atoms with Crippen LogP contribution >= 0.6 is 0 Å². The first-order valence-corrected chi connectivity index (χ1v) is 7.26. The smallest absolute Gasteiger partial charge is 0.251 e. The summed E-state index contributed by atoms with van der Waals surface area (Å²) in [4.78, 5) is 14.6. The molecule has 1 aliphatic carbocycles. The second-order valence-electron chi connectivity index (χ2n) is 6.08. The molecular weight excluding hydrogens is 250 g/mol. The van der Waals surface area contributed by atoms with Crippen LogP contribution in [0.5, 0.6) is 0 Å². The number of likely N-dealkylation sites (N-methyl/N-ethyl adjacent to an activating group) is 1. The van der Waals surface area contributed by atoms with Crippen molar-refractivity contribution in [1.29, 1.82) is 0 Å². The molecule has 3 N–H and O–H groups in total. The van der Waals surface area contributed by atoms with Crippen LogP contribution < -0.4 is 11.1 Å². The number of amides is 1. The number of nitrogens with two attached hydrogens (primary N) is 1. The molecule has 1 aromatic carbocycles. The molecule has 1 saturated carbocycles. The van der Waals surface area contributed by atoms with Crippen molar-refractivity contribution in [2.45, 2.75) is 38.1 Å². The first-order chi connectivity index (χ1) is 9.44. The van der Waals surface area contributed by atoms with E-state index in [9.17, 15) is 4.79 Å². The standard InChI is InChI=1S/C16H25N3O/c1-12-10-13(17)6-7-14(12)15(20)18-11-16(19(2)3)8-4-5-9-16/h6-7,10H,4-5,8-9,11,17H2,1-3H3,(H,18,20). The van der Waals surface area contributed by atoms with Crippen LogP contribution in [-0.4, -0.2) is 37.0 Å². The molecule has 4 nitrogen and oxygen atoms in total. The molecule has 20 heavy (non-hydrogen) atoms. The number of rotatable bonds is 4. The van der Waals surface area contributed by atoms with Gasteiger partial charge >= 0.3 is 0 Å². The molecule has 0 saturated heterocycles. The molecular formula is C16H25N3O. The number of carbonyl (C=O) groups is 1. The van der Waals surface area contributed by atoms with Crippen LogP contribution in [0.3, 0.4) is 0 Å². The Morgan fingerprint density at radius 1 is 1.35 bits per heavy atom. The lowest BCUT2D eigenvalue weighted by Crippen LogP contribution is -2.50. The minimum Gasteiger partial charge on any atom is -0.399 e. The molecule has 0 aromatic heterocycles. The minimum atomic E-state index is -0.00405. The fourth-order valence-electron chi connectivity index (χ4n) is 3.10. The van der Waals surface area contributed by atoms with Crippen molar-refractivity contribution < 1.29 is 4.79 Å². The molecule has 1 aromatic rings. The van der Waals surface area contributed by atoms with Gasteiger partial charge in [0.25, 0.3) is 5.91 Å². The van der Waals surface area contributed by atoms with Gasteiger partial charge in [-0.05, 0) is 57.6 Å². The maximum absolute atomic E-state index is 12.3. The second-order valence-corrected chi connectivity index (χ2v) is 6.08. The second kappa shape index (κ2) is 5.83. The zero-order valence-electron chi connectivity index (χ0n) is 12.7. The van der Waals surface area contributed by atoms with Crippen molar-refractivity contribution in [1.82, 2.24) is 10.2 Å². The predicted molar refractivity (Wildman–Crippen MR) is 82.8 cm³/mol. The Kier molecular flexibility index (Phi) is 4.33. The third-order valence-corrected chi connectivity index (χ3v) is 4.56. The van der Waals surface area contributed by atoms with Gasteiger partial charge in [0.1, 0.15) is 0 Å². The molecule has 0 spiro atoms. The van der Waals surface area contributed by atoms with Gasteiger partial charge in [0, 0.05) is 23.3 Å². The summed E-state index contributed by atoms with van der Waals surface area (Å²) in [5, 5.41) is 3.10. The summed E-state index contributed by atoms with van der Waals surface area (Å²) in [7, 11) is 4.21. The third-order valence-electron chi connectivity index (χ3n) is 4.56. The summed E-state index contributed by atoms with van der Waals surface area (Å²) < 4.78 is 0. The third kappa shape index (κ3) is 2.96. The summed E-state index contributed by atoms with van der Waals surface area (Å²) in [6, 6.07) is 5.42. The number of benzene rings is 1. The van der Waals surface area contributed by atoms with Crippen molar-refractivity contribution in [2.24, 2.45) is 0 Å². The highest BCUT2D eigenvalue weighted by Crippen LogP contribution is 2.33. The first-order valence-electron chi connectivity index (χ1n) is 7.26. The van der Waals surface area contributed by atoms with E-state index in [0.717, 1.165) is 18.4 Å². The fourth-order valence-corrected chi connectivity index (χ4v) is 3.10. The van der Waals surface area contributed by atoms with E-state index < -0.39 is 0 Å². The summed E-state index contributed by atoms with van der Waals surface area (Å²) in [6.45, 7) is 2.63. The summed E-state index contributed by atoms with van der Waals surface area (Å²) >= 11 is 0. The van der Waals surface area contributed by atoms with Crippen LogP contribution in [0, 0.1) is 6.92 Å². The average molecular weight is 275 g/mol. The van der Waals surface area contributed by atoms with Gasteiger partial charge in [-0.2, -0.15) is 0 Å². The highest BCUT2D eigenvalue weighted by atomic mass is 16.1. The Morgan fingerprint density at radius 3 is 2.55 bits per heavy atom. The molecule has 0 heterocycles. The van der Waals surface area contributed by atoms with Gasteiger partial charge in [-0.1, -0.05) is 12.8 Å². The van der Waals surface area contributed by atoms with Crippen molar-refractivity contribution in [3.05, 3.63) is 29.3 Å². The maximum Gasteiger partial charge on any atom is 0.251 e. The Morgan fingerprint density at radius 2 is 2.00 bits per heavy atom. The van der Waals surface area contributed by atoms with Crippen molar-refractivity contribution in [2.75, 3.05) is 26.4 Å². The van der Waals surface area contributed by atoms with E-state index in [4.69, 9.17) is 5.73 Å².